The number of nitrogens with one attached hydrogen (secondary N) is 1. The smallest absolute Gasteiger partial charge is 0.116 e. The van der Waals surface area contributed by atoms with Crippen LogP contribution in [0, 0.1) is 0 Å². The van der Waals surface area contributed by atoms with Crippen LogP contribution < -0.4 is 5.32 Å². The summed E-state index contributed by atoms with van der Waals surface area (Å²) >= 11 is 0. The first kappa shape index (κ1) is 11.0. The van der Waals surface area contributed by atoms with E-state index in [2.05, 4.69) is 30.4 Å². The lowest BCUT2D eigenvalue weighted by molar-refractivity contribution is 0.476. The molecule has 0 fully saturated rings. The van der Waals surface area contributed by atoms with Gasteiger partial charge in [0.15, 0.2) is 0 Å². The molecule has 16 heavy (non-hydrogen) atoms. The highest BCUT2D eigenvalue weighted by Gasteiger charge is 1.97. The number of phenols is 1. The molecule has 84 valence electrons. The molecule has 0 amide bonds. The minimum Gasteiger partial charge on any atom is -0.508 e. The van der Waals surface area contributed by atoms with Gasteiger partial charge in [0.2, 0.25) is 0 Å². The fraction of sp³-hybridized carbons (Fsp3) is 0.286. The van der Waals surface area contributed by atoms with Gasteiger partial charge in [-0.15, -0.1) is 0 Å². The van der Waals surface area contributed by atoms with E-state index in [9.17, 15) is 5.11 Å². The van der Waals surface area contributed by atoms with Gasteiger partial charge in [-0.25, -0.2) is 0 Å². The average molecular weight is 215 g/mol. The molecule has 2 nitrogen and oxygen atoms in total. The van der Waals surface area contributed by atoms with Crippen molar-refractivity contribution in [1.82, 2.24) is 5.32 Å². The van der Waals surface area contributed by atoms with Crippen molar-refractivity contribution in [1.29, 1.82) is 0 Å². The molecule has 0 saturated carbocycles. The van der Waals surface area contributed by atoms with Crippen molar-refractivity contribution in [2.24, 2.45) is 0 Å². The van der Waals surface area contributed by atoms with Crippen molar-refractivity contribution >= 4 is 10.8 Å². The molecule has 0 unspecified atom stereocenters. The number of phenolic OH excluding ortho intramolecular Hbond substituents is 1. The molecule has 2 aromatic carbocycles. The quantitative estimate of drug-likeness (QED) is 0.768. The highest BCUT2D eigenvalue weighted by molar-refractivity contribution is 5.84. The van der Waals surface area contributed by atoms with Crippen molar-refractivity contribution < 1.29 is 5.11 Å². The van der Waals surface area contributed by atoms with Crippen LogP contribution in [0.1, 0.15) is 18.9 Å². The molecular weight excluding hydrogens is 198 g/mol. The van der Waals surface area contributed by atoms with Gasteiger partial charge in [-0.2, -0.15) is 0 Å². The van der Waals surface area contributed by atoms with Crippen LogP contribution in [0.3, 0.4) is 0 Å². The summed E-state index contributed by atoms with van der Waals surface area (Å²) < 4.78 is 0. The Morgan fingerprint density at radius 1 is 1.06 bits per heavy atom. The number of fused-ring (bicyclic) bond motifs is 1. The summed E-state index contributed by atoms with van der Waals surface area (Å²) in [5, 5.41) is 15.0. The van der Waals surface area contributed by atoms with Crippen molar-refractivity contribution in [2.75, 3.05) is 6.54 Å². The number of benzene rings is 2. The maximum atomic E-state index is 9.36. The summed E-state index contributed by atoms with van der Waals surface area (Å²) in [6, 6.07) is 11.8. The van der Waals surface area contributed by atoms with Crippen molar-refractivity contribution in [3.05, 3.63) is 42.0 Å². The Bertz CT molecular complexity index is 479. The Labute approximate surface area is 95.9 Å². The van der Waals surface area contributed by atoms with Gasteiger partial charge in [-0.3, -0.25) is 0 Å². The zero-order valence-electron chi connectivity index (χ0n) is 9.53. The summed E-state index contributed by atoms with van der Waals surface area (Å²) in [7, 11) is 0. The second kappa shape index (κ2) is 4.99. The Kier molecular flexibility index (Phi) is 3.42. The van der Waals surface area contributed by atoms with Crippen molar-refractivity contribution in [2.45, 2.75) is 19.9 Å². The first-order chi connectivity index (χ1) is 7.79. The molecule has 0 heterocycles. The summed E-state index contributed by atoms with van der Waals surface area (Å²) in [4.78, 5) is 0. The summed E-state index contributed by atoms with van der Waals surface area (Å²) in [5.74, 6) is 0.323. The van der Waals surface area contributed by atoms with Gasteiger partial charge in [0.05, 0.1) is 0 Å². The Morgan fingerprint density at radius 2 is 1.81 bits per heavy atom. The fourth-order valence-corrected chi connectivity index (χ4v) is 1.80. The normalized spacial score (nSPS) is 10.8. The zero-order valence-corrected chi connectivity index (χ0v) is 9.53. The van der Waals surface area contributed by atoms with Crippen LogP contribution in [-0.4, -0.2) is 11.7 Å². The van der Waals surface area contributed by atoms with E-state index >= 15 is 0 Å². The van der Waals surface area contributed by atoms with Crippen molar-refractivity contribution in [3.8, 4) is 5.75 Å². The lowest BCUT2D eigenvalue weighted by Crippen LogP contribution is -2.13. The number of aromatic hydroxyl groups is 1. The number of hydrogen-bond acceptors (Lipinski definition) is 2. The second-order valence-electron chi connectivity index (χ2n) is 4.04. The van der Waals surface area contributed by atoms with Gasteiger partial charge in [-0.1, -0.05) is 25.1 Å². The lowest BCUT2D eigenvalue weighted by atomic mass is 10.1. The van der Waals surface area contributed by atoms with Gasteiger partial charge in [0.1, 0.15) is 5.75 Å². The van der Waals surface area contributed by atoms with E-state index in [-0.39, 0.29) is 0 Å². The van der Waals surface area contributed by atoms with E-state index < -0.39 is 0 Å². The van der Waals surface area contributed by atoms with Crippen LogP contribution in [0.15, 0.2) is 36.4 Å². The first-order valence-electron chi connectivity index (χ1n) is 5.72. The molecular formula is C14H17NO. The Hall–Kier alpha value is -1.54. The molecule has 0 saturated heterocycles. The third-order valence-electron chi connectivity index (χ3n) is 2.64. The fourth-order valence-electron chi connectivity index (χ4n) is 1.80. The Morgan fingerprint density at radius 3 is 2.62 bits per heavy atom. The van der Waals surface area contributed by atoms with E-state index in [0.29, 0.717) is 5.75 Å². The minimum absolute atomic E-state index is 0.323. The van der Waals surface area contributed by atoms with Crippen LogP contribution in [0.5, 0.6) is 5.75 Å². The topological polar surface area (TPSA) is 32.3 Å². The Balaban J connectivity index is 2.20. The lowest BCUT2D eigenvalue weighted by Gasteiger charge is -2.05. The van der Waals surface area contributed by atoms with Crippen LogP contribution in [0.2, 0.25) is 0 Å². The van der Waals surface area contributed by atoms with Gasteiger partial charge >= 0.3 is 0 Å². The summed E-state index contributed by atoms with van der Waals surface area (Å²) in [6.07, 6.45) is 1.15. The average Bonchev–Trinajstić information content (AvgIpc) is 2.29. The number of rotatable bonds is 4. The first-order valence-corrected chi connectivity index (χ1v) is 5.72. The predicted molar refractivity (Wildman–Crippen MR) is 67.6 cm³/mol. The molecule has 2 rings (SSSR count). The molecule has 0 bridgehead atoms. The van der Waals surface area contributed by atoms with Crippen LogP contribution in [-0.2, 0) is 6.54 Å². The van der Waals surface area contributed by atoms with Crippen LogP contribution in [0.25, 0.3) is 10.8 Å². The third kappa shape index (κ3) is 2.52. The largest absolute Gasteiger partial charge is 0.508 e. The zero-order chi connectivity index (χ0) is 11.4. The van der Waals surface area contributed by atoms with Gasteiger partial charge < -0.3 is 10.4 Å². The van der Waals surface area contributed by atoms with Crippen molar-refractivity contribution in [3.63, 3.8) is 0 Å². The standard InChI is InChI=1S/C14H17NO/c1-2-7-15-10-11-3-4-13-9-14(16)6-5-12(13)8-11/h3-6,8-9,15-16H,2,7,10H2,1H3. The molecule has 2 heteroatoms. The monoisotopic (exact) mass is 215 g/mol. The van der Waals surface area contributed by atoms with E-state index in [0.717, 1.165) is 24.9 Å². The third-order valence-corrected chi connectivity index (χ3v) is 2.64. The van der Waals surface area contributed by atoms with Gasteiger partial charge in [-0.05, 0) is 47.5 Å². The number of hydrogen-bond donors (Lipinski definition) is 2. The van der Waals surface area contributed by atoms with Gasteiger partial charge in [0, 0.05) is 6.54 Å². The molecule has 2 aromatic rings. The molecule has 0 radical (unpaired) electrons. The second-order valence-corrected chi connectivity index (χ2v) is 4.04. The molecule has 0 atom stereocenters. The molecule has 0 aromatic heterocycles. The van der Waals surface area contributed by atoms with Crippen LogP contribution >= 0.6 is 0 Å². The van der Waals surface area contributed by atoms with E-state index in [4.69, 9.17) is 0 Å². The predicted octanol–water partition coefficient (Wildman–Crippen LogP) is 3.05. The van der Waals surface area contributed by atoms with E-state index in [1.54, 1.807) is 12.1 Å². The molecule has 2 N–H and O–H groups in total. The molecule has 0 aliphatic heterocycles. The van der Waals surface area contributed by atoms with E-state index in [1.165, 1.54) is 10.9 Å². The SMILES string of the molecule is CCCNCc1ccc2cc(O)ccc2c1. The summed E-state index contributed by atoms with van der Waals surface area (Å²) in [6.45, 7) is 4.12. The molecule has 0 aliphatic rings. The minimum atomic E-state index is 0.323. The highest BCUT2D eigenvalue weighted by atomic mass is 16.3. The van der Waals surface area contributed by atoms with Crippen LogP contribution in [0.4, 0.5) is 0 Å². The maximum Gasteiger partial charge on any atom is 0.116 e. The molecule has 0 aliphatic carbocycles. The highest BCUT2D eigenvalue weighted by Crippen LogP contribution is 2.20. The van der Waals surface area contributed by atoms with E-state index in [1.807, 2.05) is 6.07 Å². The summed E-state index contributed by atoms with van der Waals surface area (Å²) in [5.41, 5.74) is 1.28. The molecule has 0 spiro atoms. The maximum absolute atomic E-state index is 9.36. The van der Waals surface area contributed by atoms with Gasteiger partial charge in [0.25, 0.3) is 0 Å².